The number of benzene rings is 2. The molecule has 0 saturated carbocycles. The zero-order valence-electron chi connectivity index (χ0n) is 15.6. The van der Waals surface area contributed by atoms with Crippen LogP contribution in [0.15, 0.2) is 48.5 Å². The molecule has 1 aliphatic rings. The van der Waals surface area contributed by atoms with Crippen LogP contribution < -0.4 is 10.6 Å². The molecule has 0 aliphatic carbocycles. The van der Waals surface area contributed by atoms with Gasteiger partial charge in [-0.05, 0) is 23.8 Å². The molecular weight excluding hydrogens is 459 g/mol. The molecule has 11 heteroatoms. The van der Waals surface area contributed by atoms with E-state index in [9.17, 15) is 22.4 Å². The molecule has 4 rings (SSSR count). The Morgan fingerprint density at radius 1 is 1.16 bits per heavy atom. The zero-order chi connectivity index (χ0) is 22.3. The molecule has 2 N–H and O–H groups in total. The molecule has 0 spiro atoms. The number of nitrogens with one attached hydrogen (secondary N) is 2. The van der Waals surface area contributed by atoms with Crippen molar-refractivity contribution in [3.63, 3.8) is 0 Å². The van der Waals surface area contributed by atoms with Crippen molar-refractivity contribution in [2.75, 3.05) is 10.6 Å². The van der Waals surface area contributed by atoms with Crippen LogP contribution in [-0.4, -0.2) is 21.9 Å². The Bertz CT molecular complexity index is 1130. The summed E-state index contributed by atoms with van der Waals surface area (Å²) in [5.41, 5.74) is 0.390. The standard InChI is InChI=1S/C20H14Cl2F4N4O/c21-12-8-11(6-7-13(12)23)27-19(31)17-16(22)18-28-14(10-4-2-1-3-5-10)9-15(20(24,25)26)30(18)29-17/h1-8,14-15,28H,9H2,(H,27,31)/t14-,15+/m1/s1. The van der Waals surface area contributed by atoms with E-state index >= 15 is 0 Å². The third-order valence-corrected chi connectivity index (χ3v) is 5.54. The van der Waals surface area contributed by atoms with Gasteiger partial charge in [0.25, 0.3) is 5.91 Å². The highest BCUT2D eigenvalue weighted by Crippen LogP contribution is 2.46. The molecule has 2 aromatic carbocycles. The molecular formula is C20H14Cl2F4N4O. The first-order valence-electron chi connectivity index (χ1n) is 9.07. The largest absolute Gasteiger partial charge is 0.410 e. The van der Waals surface area contributed by atoms with Crippen molar-refractivity contribution in [1.82, 2.24) is 9.78 Å². The number of carbonyl (C=O) groups excluding carboxylic acids is 1. The van der Waals surface area contributed by atoms with E-state index in [-0.39, 0.29) is 28.0 Å². The molecule has 3 aromatic rings. The summed E-state index contributed by atoms with van der Waals surface area (Å²) in [4.78, 5) is 12.6. The lowest BCUT2D eigenvalue weighted by atomic mass is 9.97. The van der Waals surface area contributed by atoms with Crippen LogP contribution in [0.25, 0.3) is 0 Å². The van der Waals surface area contributed by atoms with E-state index in [4.69, 9.17) is 23.2 Å². The maximum atomic E-state index is 13.8. The van der Waals surface area contributed by atoms with Gasteiger partial charge in [0.05, 0.1) is 11.1 Å². The Kier molecular flexibility index (Phi) is 5.57. The van der Waals surface area contributed by atoms with Gasteiger partial charge in [-0.1, -0.05) is 53.5 Å². The van der Waals surface area contributed by atoms with Crippen LogP contribution in [0.1, 0.15) is 34.6 Å². The Morgan fingerprint density at radius 3 is 2.52 bits per heavy atom. The summed E-state index contributed by atoms with van der Waals surface area (Å²) >= 11 is 12.0. The fourth-order valence-electron chi connectivity index (χ4n) is 3.40. The second-order valence-electron chi connectivity index (χ2n) is 6.94. The monoisotopic (exact) mass is 472 g/mol. The molecule has 0 fully saturated rings. The van der Waals surface area contributed by atoms with Gasteiger partial charge in [0.2, 0.25) is 0 Å². The van der Waals surface area contributed by atoms with Crippen molar-refractivity contribution in [2.24, 2.45) is 0 Å². The van der Waals surface area contributed by atoms with Gasteiger partial charge in [-0.15, -0.1) is 0 Å². The lowest BCUT2D eigenvalue weighted by molar-refractivity contribution is -0.173. The number of amides is 1. The lowest BCUT2D eigenvalue weighted by Crippen LogP contribution is -2.35. The Morgan fingerprint density at radius 2 is 1.87 bits per heavy atom. The number of alkyl halides is 3. The molecule has 0 unspecified atom stereocenters. The van der Waals surface area contributed by atoms with Crippen LogP contribution in [0.2, 0.25) is 10.0 Å². The molecule has 31 heavy (non-hydrogen) atoms. The predicted octanol–water partition coefficient (Wildman–Crippen LogP) is 6.24. The van der Waals surface area contributed by atoms with Gasteiger partial charge in [-0.25, -0.2) is 9.07 Å². The average molecular weight is 473 g/mol. The van der Waals surface area contributed by atoms with Crippen LogP contribution in [0.3, 0.4) is 0 Å². The second kappa shape index (κ2) is 8.05. The van der Waals surface area contributed by atoms with Gasteiger partial charge in [-0.3, -0.25) is 4.79 Å². The summed E-state index contributed by atoms with van der Waals surface area (Å²) in [5.74, 6) is -1.64. The van der Waals surface area contributed by atoms with Crippen molar-refractivity contribution in [1.29, 1.82) is 0 Å². The molecule has 5 nitrogen and oxygen atoms in total. The number of hydrogen-bond donors (Lipinski definition) is 2. The minimum atomic E-state index is -4.61. The molecule has 1 amide bonds. The lowest BCUT2D eigenvalue weighted by Gasteiger charge is -2.33. The highest BCUT2D eigenvalue weighted by atomic mass is 35.5. The number of rotatable bonds is 3. The fourth-order valence-corrected chi connectivity index (χ4v) is 3.85. The Balaban J connectivity index is 1.69. The van der Waals surface area contributed by atoms with E-state index in [0.717, 1.165) is 6.07 Å². The summed E-state index contributed by atoms with van der Waals surface area (Å²) in [6.45, 7) is 0. The third kappa shape index (κ3) is 4.20. The van der Waals surface area contributed by atoms with Gasteiger partial charge >= 0.3 is 6.18 Å². The average Bonchev–Trinajstić information content (AvgIpc) is 3.06. The highest BCUT2D eigenvalue weighted by molar-refractivity contribution is 6.36. The molecule has 1 aliphatic heterocycles. The molecule has 162 valence electrons. The molecule has 1 aromatic heterocycles. The minimum Gasteiger partial charge on any atom is -0.362 e. The van der Waals surface area contributed by atoms with Gasteiger partial charge in [-0.2, -0.15) is 18.3 Å². The van der Waals surface area contributed by atoms with E-state index in [0.29, 0.717) is 10.2 Å². The summed E-state index contributed by atoms with van der Waals surface area (Å²) in [6, 6.07) is 9.42. The molecule has 2 heterocycles. The first-order chi connectivity index (χ1) is 14.6. The zero-order valence-corrected chi connectivity index (χ0v) is 17.1. The quantitative estimate of drug-likeness (QED) is 0.443. The number of fused-ring (bicyclic) bond motifs is 1. The van der Waals surface area contributed by atoms with E-state index in [2.05, 4.69) is 15.7 Å². The van der Waals surface area contributed by atoms with Crippen LogP contribution in [-0.2, 0) is 0 Å². The normalized spacial score (nSPS) is 18.3. The maximum Gasteiger partial charge on any atom is 0.410 e. The summed E-state index contributed by atoms with van der Waals surface area (Å²) in [7, 11) is 0. The summed E-state index contributed by atoms with van der Waals surface area (Å²) < 4.78 is 55.4. The Hall–Kier alpha value is -2.78. The van der Waals surface area contributed by atoms with Crippen molar-refractivity contribution in [3.05, 3.63) is 75.7 Å². The van der Waals surface area contributed by atoms with Crippen molar-refractivity contribution in [3.8, 4) is 0 Å². The van der Waals surface area contributed by atoms with Crippen LogP contribution in [0.5, 0.6) is 0 Å². The smallest absolute Gasteiger partial charge is 0.362 e. The van der Waals surface area contributed by atoms with Crippen molar-refractivity contribution in [2.45, 2.75) is 24.7 Å². The predicted molar refractivity (Wildman–Crippen MR) is 109 cm³/mol. The highest BCUT2D eigenvalue weighted by Gasteiger charge is 2.47. The number of nitrogens with zero attached hydrogens (tertiary/aromatic N) is 2. The second-order valence-corrected chi connectivity index (χ2v) is 7.72. The van der Waals surface area contributed by atoms with Crippen molar-refractivity contribution >= 4 is 40.6 Å². The van der Waals surface area contributed by atoms with Crippen molar-refractivity contribution < 1.29 is 22.4 Å². The summed E-state index contributed by atoms with van der Waals surface area (Å²) in [6.07, 6.45) is -4.94. The maximum absolute atomic E-state index is 13.8. The number of hydrogen-bond acceptors (Lipinski definition) is 3. The third-order valence-electron chi connectivity index (χ3n) is 4.89. The number of halogens is 6. The van der Waals surface area contributed by atoms with Crippen LogP contribution >= 0.6 is 23.2 Å². The van der Waals surface area contributed by atoms with E-state index < -0.39 is 35.7 Å². The van der Waals surface area contributed by atoms with E-state index in [1.54, 1.807) is 30.3 Å². The molecule has 0 radical (unpaired) electrons. The van der Waals surface area contributed by atoms with Gasteiger partial charge in [0.15, 0.2) is 11.7 Å². The first-order valence-corrected chi connectivity index (χ1v) is 9.83. The van der Waals surface area contributed by atoms with Gasteiger partial charge in [0.1, 0.15) is 16.7 Å². The molecule has 2 atom stereocenters. The number of carbonyl (C=O) groups is 1. The van der Waals surface area contributed by atoms with E-state index in [1.165, 1.54) is 12.1 Å². The van der Waals surface area contributed by atoms with Gasteiger partial charge < -0.3 is 10.6 Å². The number of anilines is 2. The Labute approximate surface area is 184 Å². The molecule has 0 saturated heterocycles. The summed E-state index contributed by atoms with van der Waals surface area (Å²) in [5, 5.41) is 8.74. The van der Waals surface area contributed by atoms with Crippen LogP contribution in [0.4, 0.5) is 29.1 Å². The first kappa shape index (κ1) is 21.5. The van der Waals surface area contributed by atoms with Gasteiger partial charge in [0, 0.05) is 12.1 Å². The number of aromatic nitrogens is 2. The minimum absolute atomic E-state index is 0.105. The van der Waals surface area contributed by atoms with E-state index in [1.807, 2.05) is 0 Å². The topological polar surface area (TPSA) is 59.0 Å². The molecule has 0 bridgehead atoms. The van der Waals surface area contributed by atoms with Crippen LogP contribution in [0, 0.1) is 5.82 Å². The fraction of sp³-hybridized carbons (Fsp3) is 0.200. The SMILES string of the molecule is O=C(Nc1ccc(F)c(Cl)c1)c1nn2c(c1Cl)N[C@@H](c1ccccc1)C[C@H]2C(F)(F)F.